The third-order valence-corrected chi connectivity index (χ3v) is 7.34. The van der Waals surface area contributed by atoms with Crippen LogP contribution < -0.4 is 10.1 Å². The number of carbonyl (C=O) groups excluding carboxylic acids is 1. The maximum Gasteiger partial charge on any atom is 0.251 e. The monoisotopic (exact) mass is 401 g/mol. The standard InChI is InChI=1S/C20H19NO4S2/c1-25-16-9-11-17(12-10-16)27(23,24)19(18-8-5-13-26-18)14-21-20(22)15-6-3-2-4-7-15/h2-13,19H,14H2,1H3,(H,21,22)/t19-/m0/s1. The number of hydrogen-bond donors (Lipinski definition) is 1. The molecule has 0 aliphatic carbocycles. The van der Waals surface area contributed by atoms with Crippen LogP contribution in [0, 0.1) is 0 Å². The highest BCUT2D eigenvalue weighted by Crippen LogP contribution is 2.32. The topological polar surface area (TPSA) is 72.5 Å². The van der Waals surface area contributed by atoms with Gasteiger partial charge in [0.15, 0.2) is 9.84 Å². The molecule has 27 heavy (non-hydrogen) atoms. The Labute approximate surface area is 162 Å². The Balaban J connectivity index is 1.86. The lowest BCUT2D eigenvalue weighted by Crippen LogP contribution is -2.31. The minimum Gasteiger partial charge on any atom is -0.497 e. The summed E-state index contributed by atoms with van der Waals surface area (Å²) in [5.41, 5.74) is 0.490. The van der Waals surface area contributed by atoms with E-state index in [0.717, 1.165) is 0 Å². The number of carbonyl (C=O) groups is 1. The predicted molar refractivity (Wildman–Crippen MR) is 106 cm³/mol. The average molecular weight is 402 g/mol. The van der Waals surface area contributed by atoms with Crippen LogP contribution in [0.1, 0.15) is 20.5 Å². The summed E-state index contributed by atoms with van der Waals surface area (Å²) >= 11 is 1.35. The highest BCUT2D eigenvalue weighted by atomic mass is 32.2. The van der Waals surface area contributed by atoms with Crippen LogP contribution in [0.5, 0.6) is 5.75 Å². The summed E-state index contributed by atoms with van der Waals surface area (Å²) in [5, 5.41) is 3.71. The number of ether oxygens (including phenoxy) is 1. The Morgan fingerprint density at radius 3 is 2.33 bits per heavy atom. The molecule has 140 valence electrons. The molecule has 2 aromatic carbocycles. The van der Waals surface area contributed by atoms with E-state index >= 15 is 0 Å². The third-order valence-electron chi connectivity index (χ3n) is 4.11. The van der Waals surface area contributed by atoms with Crippen LogP contribution in [0.4, 0.5) is 0 Å². The van der Waals surface area contributed by atoms with Crippen LogP contribution in [0.2, 0.25) is 0 Å². The minimum absolute atomic E-state index is 0.0113. The zero-order valence-corrected chi connectivity index (χ0v) is 16.3. The second-order valence-electron chi connectivity index (χ2n) is 5.80. The normalized spacial score (nSPS) is 12.3. The SMILES string of the molecule is COc1ccc(S(=O)(=O)[C@@H](CNC(=O)c2ccccc2)c2cccs2)cc1. The first kappa shape index (κ1) is 19.1. The molecule has 1 atom stereocenters. The number of amides is 1. The molecule has 1 aromatic heterocycles. The molecule has 1 amide bonds. The van der Waals surface area contributed by atoms with Crippen molar-refractivity contribution in [1.82, 2.24) is 5.32 Å². The first-order valence-electron chi connectivity index (χ1n) is 8.27. The van der Waals surface area contributed by atoms with E-state index < -0.39 is 15.1 Å². The Morgan fingerprint density at radius 2 is 1.74 bits per heavy atom. The highest BCUT2D eigenvalue weighted by Gasteiger charge is 2.30. The van der Waals surface area contributed by atoms with Crippen LogP contribution in [0.25, 0.3) is 0 Å². The minimum atomic E-state index is -3.69. The molecule has 0 aliphatic heterocycles. The summed E-state index contributed by atoms with van der Waals surface area (Å²) in [7, 11) is -2.16. The summed E-state index contributed by atoms with van der Waals surface area (Å²) in [4.78, 5) is 13.2. The van der Waals surface area contributed by atoms with Crippen LogP contribution in [-0.4, -0.2) is 28.0 Å². The van der Waals surface area contributed by atoms with Gasteiger partial charge in [-0.15, -0.1) is 11.3 Å². The van der Waals surface area contributed by atoms with Crippen LogP contribution in [0.3, 0.4) is 0 Å². The van der Waals surface area contributed by atoms with Gasteiger partial charge in [-0.05, 0) is 47.8 Å². The number of thiophene rings is 1. The average Bonchev–Trinajstić information content (AvgIpc) is 3.23. The van der Waals surface area contributed by atoms with Crippen molar-refractivity contribution in [2.45, 2.75) is 10.1 Å². The molecule has 0 radical (unpaired) electrons. The quantitative estimate of drug-likeness (QED) is 0.655. The number of benzene rings is 2. The number of sulfone groups is 1. The molecule has 3 rings (SSSR count). The van der Waals surface area contributed by atoms with Crippen molar-refractivity contribution in [2.75, 3.05) is 13.7 Å². The van der Waals surface area contributed by atoms with E-state index in [0.29, 0.717) is 16.2 Å². The van der Waals surface area contributed by atoms with Crippen molar-refractivity contribution in [3.8, 4) is 5.75 Å². The van der Waals surface area contributed by atoms with Crippen molar-refractivity contribution in [3.05, 3.63) is 82.6 Å². The van der Waals surface area contributed by atoms with Crippen molar-refractivity contribution in [1.29, 1.82) is 0 Å². The van der Waals surface area contributed by atoms with Gasteiger partial charge in [0.2, 0.25) is 0 Å². The number of nitrogens with one attached hydrogen (secondary N) is 1. The molecule has 0 bridgehead atoms. The maximum atomic E-state index is 13.2. The van der Waals surface area contributed by atoms with Gasteiger partial charge in [-0.2, -0.15) is 0 Å². The van der Waals surface area contributed by atoms with Crippen LogP contribution in [0.15, 0.2) is 77.0 Å². The molecule has 0 saturated carbocycles. The summed E-state index contributed by atoms with van der Waals surface area (Å²) in [6.45, 7) is -0.0113. The molecule has 5 nitrogen and oxygen atoms in total. The Morgan fingerprint density at radius 1 is 1.04 bits per heavy atom. The molecule has 0 fully saturated rings. The summed E-state index contributed by atoms with van der Waals surface area (Å²) < 4.78 is 31.5. The summed E-state index contributed by atoms with van der Waals surface area (Å²) in [6.07, 6.45) is 0. The van der Waals surface area contributed by atoms with E-state index in [9.17, 15) is 13.2 Å². The van der Waals surface area contributed by atoms with Crippen molar-refractivity contribution in [3.63, 3.8) is 0 Å². The molecule has 0 unspecified atom stereocenters. The maximum absolute atomic E-state index is 13.2. The van der Waals surface area contributed by atoms with Gasteiger partial charge in [-0.1, -0.05) is 24.3 Å². The third kappa shape index (κ3) is 4.37. The Hall–Kier alpha value is -2.64. The van der Waals surface area contributed by atoms with Gasteiger partial charge in [0.1, 0.15) is 11.0 Å². The smallest absolute Gasteiger partial charge is 0.251 e. The van der Waals surface area contributed by atoms with E-state index in [1.807, 2.05) is 11.4 Å². The van der Waals surface area contributed by atoms with E-state index in [1.165, 1.54) is 30.6 Å². The van der Waals surface area contributed by atoms with Gasteiger partial charge in [-0.3, -0.25) is 4.79 Å². The molecule has 7 heteroatoms. The van der Waals surface area contributed by atoms with Gasteiger partial charge in [-0.25, -0.2) is 8.42 Å². The van der Waals surface area contributed by atoms with Crippen LogP contribution >= 0.6 is 11.3 Å². The lowest BCUT2D eigenvalue weighted by atomic mass is 10.2. The molecule has 1 N–H and O–H groups in total. The van der Waals surface area contributed by atoms with Gasteiger partial charge in [0, 0.05) is 17.0 Å². The number of hydrogen-bond acceptors (Lipinski definition) is 5. The van der Waals surface area contributed by atoms with Gasteiger partial charge in [0.25, 0.3) is 5.91 Å². The Kier molecular flexibility index (Phi) is 5.93. The molecule has 0 spiro atoms. The van der Waals surface area contributed by atoms with E-state index in [1.54, 1.807) is 48.5 Å². The fraction of sp³-hybridized carbons (Fsp3) is 0.150. The second kappa shape index (κ2) is 8.37. The molecule has 0 aliphatic rings. The molecule has 3 aromatic rings. The van der Waals surface area contributed by atoms with Crippen molar-refractivity contribution >= 4 is 27.1 Å². The number of rotatable bonds is 7. The van der Waals surface area contributed by atoms with E-state index in [4.69, 9.17) is 4.74 Å². The Bertz CT molecular complexity index is 982. The van der Waals surface area contributed by atoms with E-state index in [-0.39, 0.29) is 17.3 Å². The van der Waals surface area contributed by atoms with E-state index in [2.05, 4.69) is 5.32 Å². The highest BCUT2D eigenvalue weighted by molar-refractivity contribution is 7.91. The van der Waals surface area contributed by atoms with Gasteiger partial charge >= 0.3 is 0 Å². The van der Waals surface area contributed by atoms with Crippen LogP contribution in [-0.2, 0) is 9.84 Å². The molecule has 1 heterocycles. The predicted octanol–water partition coefficient (Wildman–Crippen LogP) is 3.70. The summed E-state index contributed by atoms with van der Waals surface area (Å²) in [5.74, 6) is 0.279. The second-order valence-corrected chi connectivity index (χ2v) is 8.91. The molecular formula is C20H19NO4S2. The first-order chi connectivity index (χ1) is 13.0. The summed E-state index contributed by atoms with van der Waals surface area (Å²) in [6, 6.07) is 18.6. The first-order valence-corrected chi connectivity index (χ1v) is 10.7. The fourth-order valence-corrected chi connectivity index (χ4v) is 5.43. The lowest BCUT2D eigenvalue weighted by molar-refractivity contribution is 0.0953. The van der Waals surface area contributed by atoms with Crippen molar-refractivity contribution < 1.29 is 17.9 Å². The zero-order valence-electron chi connectivity index (χ0n) is 14.7. The van der Waals surface area contributed by atoms with Gasteiger partial charge in [0.05, 0.1) is 12.0 Å². The van der Waals surface area contributed by atoms with Crippen molar-refractivity contribution in [2.24, 2.45) is 0 Å². The molecule has 0 saturated heterocycles. The lowest BCUT2D eigenvalue weighted by Gasteiger charge is -2.18. The van der Waals surface area contributed by atoms with Gasteiger partial charge < -0.3 is 10.1 Å². The number of methoxy groups -OCH3 is 1. The molecular weight excluding hydrogens is 382 g/mol. The fourth-order valence-electron chi connectivity index (χ4n) is 2.64. The zero-order chi connectivity index (χ0) is 19.3. The largest absolute Gasteiger partial charge is 0.497 e.